The summed E-state index contributed by atoms with van der Waals surface area (Å²) in [6, 6.07) is 0. The van der Waals surface area contributed by atoms with Gasteiger partial charge in [0.1, 0.15) is 0 Å². The Kier molecular flexibility index (Phi) is 3.97. The normalized spacial score (nSPS) is 31.2. The lowest BCUT2D eigenvalue weighted by atomic mass is 9.80. The van der Waals surface area contributed by atoms with Crippen LogP contribution in [0.15, 0.2) is 0 Å². The van der Waals surface area contributed by atoms with Crippen molar-refractivity contribution in [2.75, 3.05) is 32.8 Å². The Morgan fingerprint density at radius 1 is 1.40 bits per heavy atom. The zero-order valence-corrected chi connectivity index (χ0v) is 9.14. The van der Waals surface area contributed by atoms with Crippen molar-refractivity contribution in [3.63, 3.8) is 0 Å². The summed E-state index contributed by atoms with van der Waals surface area (Å²) in [6.07, 6.45) is 3.68. The molecule has 2 aliphatic rings. The summed E-state index contributed by atoms with van der Waals surface area (Å²) >= 11 is 0. The molecule has 0 amide bonds. The van der Waals surface area contributed by atoms with E-state index in [9.17, 15) is 5.11 Å². The molecule has 0 bridgehead atoms. The van der Waals surface area contributed by atoms with Crippen molar-refractivity contribution < 1.29 is 14.9 Å². The van der Waals surface area contributed by atoms with E-state index in [0.29, 0.717) is 12.6 Å². The fourth-order valence-corrected chi connectivity index (χ4v) is 2.35. The number of hydrogen-bond acceptors (Lipinski definition) is 4. The minimum Gasteiger partial charge on any atom is -0.394 e. The Bertz CT molecular complexity index is 196. The fourth-order valence-electron chi connectivity index (χ4n) is 2.35. The van der Waals surface area contributed by atoms with Crippen molar-refractivity contribution in [3.05, 3.63) is 0 Å². The molecule has 0 spiro atoms. The van der Waals surface area contributed by atoms with Crippen LogP contribution in [0.5, 0.6) is 0 Å². The van der Waals surface area contributed by atoms with Gasteiger partial charge in [0.25, 0.3) is 0 Å². The van der Waals surface area contributed by atoms with E-state index < -0.39 is 6.10 Å². The van der Waals surface area contributed by atoms with E-state index in [1.54, 1.807) is 0 Å². The summed E-state index contributed by atoms with van der Waals surface area (Å²) in [5, 5.41) is 18.2. The van der Waals surface area contributed by atoms with Gasteiger partial charge in [0, 0.05) is 19.6 Å². The molecule has 2 N–H and O–H groups in total. The van der Waals surface area contributed by atoms with Gasteiger partial charge in [0.15, 0.2) is 0 Å². The molecule has 0 aromatic carbocycles. The van der Waals surface area contributed by atoms with Crippen molar-refractivity contribution >= 4 is 0 Å². The van der Waals surface area contributed by atoms with Crippen LogP contribution in [0.25, 0.3) is 0 Å². The highest BCUT2D eigenvalue weighted by Crippen LogP contribution is 2.32. The average Bonchev–Trinajstić information content (AvgIpc) is 2.15. The lowest BCUT2D eigenvalue weighted by Crippen LogP contribution is -2.49. The third kappa shape index (κ3) is 2.91. The van der Waals surface area contributed by atoms with Crippen molar-refractivity contribution in [1.82, 2.24) is 4.90 Å². The van der Waals surface area contributed by atoms with Gasteiger partial charge in [0.05, 0.1) is 25.4 Å². The first-order chi connectivity index (χ1) is 7.29. The summed E-state index contributed by atoms with van der Waals surface area (Å²) in [5.74, 6) is 0.735. The molecule has 88 valence electrons. The molecule has 4 nitrogen and oxygen atoms in total. The Balaban J connectivity index is 1.76. The Morgan fingerprint density at radius 3 is 2.80 bits per heavy atom. The molecule has 4 heteroatoms. The van der Waals surface area contributed by atoms with Crippen LogP contribution in [0.3, 0.4) is 0 Å². The predicted molar refractivity (Wildman–Crippen MR) is 56.6 cm³/mol. The summed E-state index contributed by atoms with van der Waals surface area (Å²) < 4.78 is 5.74. The van der Waals surface area contributed by atoms with Crippen LogP contribution >= 0.6 is 0 Å². The Hall–Kier alpha value is -0.160. The lowest BCUT2D eigenvalue weighted by Gasteiger charge is -2.40. The van der Waals surface area contributed by atoms with E-state index in [0.717, 1.165) is 25.6 Å². The Labute approximate surface area is 90.8 Å². The number of morpholine rings is 1. The molecular formula is C11H21NO3. The van der Waals surface area contributed by atoms with Gasteiger partial charge in [-0.25, -0.2) is 0 Å². The van der Waals surface area contributed by atoms with E-state index in [4.69, 9.17) is 9.84 Å². The van der Waals surface area contributed by atoms with Crippen LogP contribution in [0.2, 0.25) is 0 Å². The highest BCUT2D eigenvalue weighted by atomic mass is 16.5. The fraction of sp³-hybridized carbons (Fsp3) is 1.00. The van der Waals surface area contributed by atoms with Gasteiger partial charge in [-0.05, 0) is 18.8 Å². The maximum atomic E-state index is 9.37. The van der Waals surface area contributed by atoms with Gasteiger partial charge in [-0.2, -0.15) is 0 Å². The molecule has 2 rings (SSSR count). The third-order valence-electron chi connectivity index (χ3n) is 3.53. The zero-order valence-electron chi connectivity index (χ0n) is 9.14. The molecule has 2 atom stereocenters. The van der Waals surface area contributed by atoms with Gasteiger partial charge in [-0.1, -0.05) is 6.42 Å². The molecule has 0 radical (unpaired) electrons. The van der Waals surface area contributed by atoms with Crippen LogP contribution in [-0.2, 0) is 4.74 Å². The van der Waals surface area contributed by atoms with Crippen molar-refractivity contribution in [1.29, 1.82) is 0 Å². The number of aliphatic hydroxyl groups is 2. The average molecular weight is 215 g/mol. The molecule has 1 saturated carbocycles. The maximum absolute atomic E-state index is 9.37. The number of rotatable bonds is 4. The molecule has 1 aliphatic heterocycles. The van der Waals surface area contributed by atoms with Crippen LogP contribution in [-0.4, -0.2) is 60.2 Å². The van der Waals surface area contributed by atoms with Crippen LogP contribution in [0, 0.1) is 5.92 Å². The van der Waals surface area contributed by atoms with E-state index >= 15 is 0 Å². The van der Waals surface area contributed by atoms with E-state index in [2.05, 4.69) is 4.90 Å². The van der Waals surface area contributed by atoms with Gasteiger partial charge >= 0.3 is 0 Å². The second-order valence-electron chi connectivity index (χ2n) is 4.70. The summed E-state index contributed by atoms with van der Waals surface area (Å²) in [5.41, 5.74) is 0. The highest BCUT2D eigenvalue weighted by molar-refractivity contribution is 4.83. The minimum atomic E-state index is -0.606. The van der Waals surface area contributed by atoms with Gasteiger partial charge in [-0.3, -0.25) is 4.90 Å². The number of nitrogens with zero attached hydrogens (tertiary/aromatic N) is 1. The first-order valence-corrected chi connectivity index (χ1v) is 5.92. The van der Waals surface area contributed by atoms with Gasteiger partial charge < -0.3 is 14.9 Å². The number of ether oxygens (including phenoxy) is 1. The summed E-state index contributed by atoms with van der Waals surface area (Å²) in [6.45, 7) is 2.98. The second-order valence-corrected chi connectivity index (χ2v) is 4.70. The molecule has 0 aromatic rings. The molecule has 1 saturated heterocycles. The smallest absolute Gasteiger partial charge is 0.0897 e. The van der Waals surface area contributed by atoms with Gasteiger partial charge in [-0.15, -0.1) is 0 Å². The quantitative estimate of drug-likeness (QED) is 0.684. The maximum Gasteiger partial charge on any atom is 0.0897 e. The van der Waals surface area contributed by atoms with Crippen molar-refractivity contribution in [2.24, 2.45) is 5.92 Å². The molecule has 2 fully saturated rings. The summed E-state index contributed by atoms with van der Waals surface area (Å²) in [7, 11) is 0. The minimum absolute atomic E-state index is 0.147. The summed E-state index contributed by atoms with van der Waals surface area (Å²) in [4.78, 5) is 2.20. The molecule has 0 aromatic heterocycles. The lowest BCUT2D eigenvalue weighted by molar-refractivity contribution is -0.0839. The van der Waals surface area contributed by atoms with E-state index in [-0.39, 0.29) is 6.61 Å². The third-order valence-corrected chi connectivity index (χ3v) is 3.53. The van der Waals surface area contributed by atoms with Crippen LogP contribution in [0.4, 0.5) is 0 Å². The topological polar surface area (TPSA) is 52.9 Å². The standard InChI is InChI=1S/C11H21NO3/c13-8-10(14)6-12-4-5-15-11(7-12)9-2-1-3-9/h9-11,13-14H,1-8H2/t10-,11?/m0/s1. The van der Waals surface area contributed by atoms with Crippen LogP contribution in [0.1, 0.15) is 19.3 Å². The first-order valence-electron chi connectivity index (χ1n) is 5.92. The highest BCUT2D eigenvalue weighted by Gasteiger charge is 2.32. The largest absolute Gasteiger partial charge is 0.394 e. The van der Waals surface area contributed by atoms with Gasteiger partial charge in [0.2, 0.25) is 0 Å². The molecule has 1 unspecified atom stereocenters. The van der Waals surface area contributed by atoms with E-state index in [1.807, 2.05) is 0 Å². The Morgan fingerprint density at radius 2 is 2.20 bits per heavy atom. The molecule has 15 heavy (non-hydrogen) atoms. The molecule has 1 aliphatic carbocycles. The van der Waals surface area contributed by atoms with Crippen molar-refractivity contribution in [3.8, 4) is 0 Å². The zero-order chi connectivity index (χ0) is 10.7. The van der Waals surface area contributed by atoms with Crippen LogP contribution < -0.4 is 0 Å². The monoisotopic (exact) mass is 215 g/mol. The second kappa shape index (κ2) is 5.25. The van der Waals surface area contributed by atoms with Crippen molar-refractivity contribution in [2.45, 2.75) is 31.5 Å². The number of aliphatic hydroxyl groups excluding tert-OH is 2. The molecule has 1 heterocycles. The number of hydrogen-bond donors (Lipinski definition) is 2. The number of β-amino-alcohol motifs (C(OH)–C–C–N with tert-alkyl or cyclic N) is 1. The molecular weight excluding hydrogens is 194 g/mol. The predicted octanol–water partition coefficient (Wildman–Crippen LogP) is -0.160. The first kappa shape index (κ1) is 11.3. The van der Waals surface area contributed by atoms with E-state index in [1.165, 1.54) is 19.3 Å². The SMILES string of the molecule is OC[C@@H](O)CN1CCOC(C2CCC2)C1.